The van der Waals surface area contributed by atoms with Crippen LogP contribution in [0.1, 0.15) is 33.1 Å². The molecule has 2 fully saturated rings. The van der Waals surface area contributed by atoms with Gasteiger partial charge >= 0.3 is 0 Å². The van der Waals surface area contributed by atoms with Gasteiger partial charge in [0.25, 0.3) is 0 Å². The molecule has 0 spiro atoms. The molecule has 3 heteroatoms. The number of nitrogens with zero attached hydrogens (tertiary/aromatic N) is 1. The molecule has 1 saturated heterocycles. The zero-order valence-corrected chi connectivity index (χ0v) is 10.2. The highest BCUT2D eigenvalue weighted by molar-refractivity contribution is 5.04. The highest BCUT2D eigenvalue weighted by atomic mass is 16.5. The average molecular weight is 212 g/mol. The Hall–Kier alpha value is -0.120. The second kappa shape index (κ2) is 4.04. The molecule has 1 heterocycles. The van der Waals surface area contributed by atoms with Gasteiger partial charge in [0.05, 0.1) is 6.10 Å². The van der Waals surface area contributed by atoms with Crippen molar-refractivity contribution in [3.63, 3.8) is 0 Å². The van der Waals surface area contributed by atoms with Gasteiger partial charge in [-0.05, 0) is 32.4 Å². The van der Waals surface area contributed by atoms with Gasteiger partial charge in [-0.25, -0.2) is 0 Å². The topological polar surface area (TPSA) is 38.5 Å². The highest BCUT2D eigenvalue weighted by Crippen LogP contribution is 2.46. The van der Waals surface area contributed by atoms with Crippen molar-refractivity contribution in [1.29, 1.82) is 0 Å². The first-order chi connectivity index (χ1) is 7.05. The van der Waals surface area contributed by atoms with Gasteiger partial charge in [-0.2, -0.15) is 0 Å². The van der Waals surface area contributed by atoms with Crippen LogP contribution in [0.5, 0.6) is 0 Å². The van der Waals surface area contributed by atoms with E-state index in [9.17, 15) is 0 Å². The summed E-state index contributed by atoms with van der Waals surface area (Å²) in [4.78, 5) is 2.61. The monoisotopic (exact) mass is 212 g/mol. The Morgan fingerprint density at radius 2 is 1.87 bits per heavy atom. The molecule has 1 aliphatic heterocycles. The van der Waals surface area contributed by atoms with E-state index in [1.165, 1.54) is 19.5 Å². The third-order valence-corrected chi connectivity index (χ3v) is 4.43. The van der Waals surface area contributed by atoms with Gasteiger partial charge in [0.1, 0.15) is 0 Å². The van der Waals surface area contributed by atoms with Crippen LogP contribution in [-0.4, -0.2) is 43.3 Å². The zero-order chi connectivity index (χ0) is 11.1. The molecule has 1 aliphatic carbocycles. The molecule has 1 saturated carbocycles. The van der Waals surface area contributed by atoms with Crippen LogP contribution in [0.2, 0.25) is 0 Å². The van der Waals surface area contributed by atoms with E-state index in [0.29, 0.717) is 23.6 Å². The maximum Gasteiger partial charge on any atom is 0.0652 e. The third-order valence-electron chi connectivity index (χ3n) is 4.43. The van der Waals surface area contributed by atoms with Crippen molar-refractivity contribution in [2.45, 2.75) is 51.3 Å². The van der Waals surface area contributed by atoms with Gasteiger partial charge in [-0.15, -0.1) is 0 Å². The molecule has 15 heavy (non-hydrogen) atoms. The first-order valence-electron chi connectivity index (χ1n) is 6.08. The van der Waals surface area contributed by atoms with E-state index in [1.54, 1.807) is 0 Å². The van der Waals surface area contributed by atoms with Crippen molar-refractivity contribution >= 4 is 0 Å². The van der Waals surface area contributed by atoms with Crippen molar-refractivity contribution in [2.24, 2.45) is 11.1 Å². The fourth-order valence-corrected chi connectivity index (χ4v) is 3.12. The van der Waals surface area contributed by atoms with Crippen LogP contribution < -0.4 is 5.73 Å². The van der Waals surface area contributed by atoms with Crippen molar-refractivity contribution in [3.05, 3.63) is 0 Å². The summed E-state index contributed by atoms with van der Waals surface area (Å²) in [5, 5.41) is 0. The maximum absolute atomic E-state index is 5.93. The minimum atomic E-state index is 0.316. The van der Waals surface area contributed by atoms with Crippen molar-refractivity contribution in [3.8, 4) is 0 Å². The Morgan fingerprint density at radius 3 is 2.33 bits per heavy atom. The summed E-state index contributed by atoms with van der Waals surface area (Å²) >= 11 is 0. The Labute approximate surface area is 93.0 Å². The molecule has 2 atom stereocenters. The summed E-state index contributed by atoms with van der Waals surface area (Å²) in [6.07, 6.45) is 3.95. The summed E-state index contributed by atoms with van der Waals surface area (Å²) in [5.74, 6) is 0. The van der Waals surface area contributed by atoms with Gasteiger partial charge < -0.3 is 10.5 Å². The molecule has 3 nitrogen and oxygen atoms in total. The fraction of sp³-hybridized carbons (Fsp3) is 1.00. The molecule has 0 aromatic heterocycles. The van der Waals surface area contributed by atoms with Crippen molar-refractivity contribution in [2.75, 3.05) is 20.2 Å². The summed E-state index contributed by atoms with van der Waals surface area (Å²) in [7, 11) is 1.83. The lowest BCUT2D eigenvalue weighted by Gasteiger charge is -2.56. The second-order valence-corrected chi connectivity index (χ2v) is 5.67. The van der Waals surface area contributed by atoms with Gasteiger partial charge in [0, 0.05) is 24.6 Å². The first kappa shape index (κ1) is 11.4. The molecule has 2 rings (SSSR count). The van der Waals surface area contributed by atoms with E-state index < -0.39 is 0 Å². The summed E-state index contributed by atoms with van der Waals surface area (Å²) in [6.45, 7) is 6.99. The van der Waals surface area contributed by atoms with Crippen molar-refractivity contribution < 1.29 is 4.74 Å². The van der Waals surface area contributed by atoms with Gasteiger partial charge in [-0.1, -0.05) is 13.8 Å². The summed E-state index contributed by atoms with van der Waals surface area (Å²) in [6, 6.07) is 1.14. The Morgan fingerprint density at radius 1 is 1.27 bits per heavy atom. The number of piperidine rings is 1. The summed E-state index contributed by atoms with van der Waals surface area (Å²) in [5.41, 5.74) is 6.24. The number of hydrogen-bond donors (Lipinski definition) is 1. The van der Waals surface area contributed by atoms with Gasteiger partial charge in [0.2, 0.25) is 0 Å². The second-order valence-electron chi connectivity index (χ2n) is 5.67. The molecule has 2 aliphatic rings. The van der Waals surface area contributed by atoms with E-state index in [1.807, 2.05) is 7.11 Å². The molecule has 0 bridgehead atoms. The SMILES string of the molecule is COC1CC(N2CCC(N)CC2)C1(C)C. The third kappa shape index (κ3) is 1.93. The molecule has 0 aromatic carbocycles. The number of hydrogen-bond acceptors (Lipinski definition) is 3. The lowest BCUT2D eigenvalue weighted by atomic mass is 9.63. The van der Waals surface area contributed by atoms with E-state index in [0.717, 1.165) is 12.8 Å². The van der Waals surface area contributed by atoms with E-state index in [-0.39, 0.29) is 0 Å². The smallest absolute Gasteiger partial charge is 0.0652 e. The molecular formula is C12H24N2O. The van der Waals surface area contributed by atoms with E-state index in [2.05, 4.69) is 18.7 Å². The minimum Gasteiger partial charge on any atom is -0.381 e. The average Bonchev–Trinajstić information content (AvgIpc) is 2.20. The number of nitrogens with two attached hydrogens (primary N) is 1. The molecule has 2 N–H and O–H groups in total. The van der Waals surface area contributed by atoms with Gasteiger partial charge in [-0.3, -0.25) is 4.90 Å². The Balaban J connectivity index is 1.91. The number of methoxy groups -OCH3 is 1. The lowest BCUT2D eigenvalue weighted by molar-refractivity contribution is -0.141. The Kier molecular flexibility index (Phi) is 3.06. The first-order valence-corrected chi connectivity index (χ1v) is 6.08. The Bertz CT molecular complexity index is 222. The van der Waals surface area contributed by atoms with Crippen LogP contribution in [0.3, 0.4) is 0 Å². The maximum atomic E-state index is 5.93. The molecule has 0 aromatic rings. The lowest BCUT2D eigenvalue weighted by Crippen LogP contribution is -2.63. The largest absolute Gasteiger partial charge is 0.381 e. The van der Waals surface area contributed by atoms with Crippen molar-refractivity contribution in [1.82, 2.24) is 4.90 Å². The van der Waals surface area contributed by atoms with Crippen LogP contribution in [0.4, 0.5) is 0 Å². The van der Waals surface area contributed by atoms with Crippen LogP contribution in [0, 0.1) is 5.41 Å². The minimum absolute atomic E-state index is 0.316. The number of likely N-dealkylation sites (tertiary alicyclic amines) is 1. The van der Waals surface area contributed by atoms with E-state index >= 15 is 0 Å². The highest BCUT2D eigenvalue weighted by Gasteiger charge is 2.51. The normalized spacial score (nSPS) is 37.6. The van der Waals surface area contributed by atoms with Gasteiger partial charge in [0.15, 0.2) is 0 Å². The van der Waals surface area contributed by atoms with Crippen LogP contribution in [-0.2, 0) is 4.74 Å². The zero-order valence-electron chi connectivity index (χ0n) is 10.2. The molecule has 88 valence electrons. The molecule has 0 amide bonds. The summed E-state index contributed by atoms with van der Waals surface area (Å²) < 4.78 is 5.49. The molecule has 0 radical (unpaired) electrons. The quantitative estimate of drug-likeness (QED) is 0.748. The van der Waals surface area contributed by atoms with Crippen LogP contribution in [0.15, 0.2) is 0 Å². The number of ether oxygens (including phenoxy) is 1. The number of rotatable bonds is 2. The predicted octanol–water partition coefficient (Wildman–Crippen LogP) is 1.22. The van der Waals surface area contributed by atoms with E-state index in [4.69, 9.17) is 10.5 Å². The molecular weight excluding hydrogens is 188 g/mol. The predicted molar refractivity (Wildman–Crippen MR) is 61.8 cm³/mol. The van der Waals surface area contributed by atoms with Crippen LogP contribution >= 0.6 is 0 Å². The standard InChI is InChI=1S/C12H24N2O/c1-12(2)10(8-11(12)15-3)14-6-4-9(13)5-7-14/h9-11H,4-8,13H2,1-3H3. The fourth-order valence-electron chi connectivity index (χ4n) is 3.12. The molecule has 2 unspecified atom stereocenters. The van der Waals surface area contributed by atoms with Crippen LogP contribution in [0.25, 0.3) is 0 Å².